The molecular weight excluding hydrogens is 496 g/mol. The second kappa shape index (κ2) is 8.89. The van der Waals surface area contributed by atoms with Gasteiger partial charge in [0.1, 0.15) is 17.1 Å². The summed E-state index contributed by atoms with van der Waals surface area (Å²) in [6, 6.07) is 23.4. The van der Waals surface area contributed by atoms with E-state index >= 15 is 0 Å². The molecule has 0 saturated heterocycles. The van der Waals surface area contributed by atoms with Crippen LogP contribution in [0, 0.1) is 10.1 Å². The molecule has 3 aromatic carbocycles. The molecule has 3 aromatic heterocycles. The quantitative estimate of drug-likeness (QED) is 0.148. The van der Waals surface area contributed by atoms with E-state index in [0.717, 1.165) is 10.1 Å². The normalized spacial score (nSPS) is 11.6. The topological polar surface area (TPSA) is 117 Å². The van der Waals surface area contributed by atoms with Crippen LogP contribution in [0.5, 0.6) is 0 Å². The fourth-order valence-electron chi connectivity index (χ4n) is 4.04. The van der Waals surface area contributed by atoms with Crippen LogP contribution in [0.4, 0.5) is 5.69 Å². The molecule has 180 valence electrons. The van der Waals surface area contributed by atoms with Crippen molar-refractivity contribution in [3.05, 3.63) is 116 Å². The van der Waals surface area contributed by atoms with Crippen molar-refractivity contribution in [1.82, 2.24) is 9.66 Å². The first kappa shape index (κ1) is 22.4. The number of rotatable bonds is 5. The zero-order chi connectivity index (χ0) is 25.5. The Morgan fingerprint density at radius 3 is 2.62 bits per heavy atom. The number of furan rings is 2. The van der Waals surface area contributed by atoms with E-state index in [2.05, 4.69) is 10.1 Å². The smallest absolute Gasteiger partial charge is 0.282 e. The van der Waals surface area contributed by atoms with Crippen molar-refractivity contribution < 1.29 is 13.8 Å². The minimum absolute atomic E-state index is 0.0810. The van der Waals surface area contributed by atoms with Crippen LogP contribution in [0.15, 0.2) is 104 Å². The molecule has 6 rings (SSSR count). The fourth-order valence-corrected chi connectivity index (χ4v) is 4.22. The molecule has 0 spiro atoms. The summed E-state index contributed by atoms with van der Waals surface area (Å²) in [5.41, 5.74) is 0.920. The minimum atomic E-state index is -0.473. The molecule has 0 atom stereocenters. The van der Waals surface area contributed by atoms with E-state index in [-0.39, 0.29) is 17.3 Å². The molecule has 0 bridgehead atoms. The summed E-state index contributed by atoms with van der Waals surface area (Å²) in [7, 11) is 0. The number of nitrogens with zero attached hydrogens (tertiary/aromatic N) is 4. The highest BCUT2D eigenvalue weighted by molar-refractivity contribution is 6.31. The largest absolute Gasteiger partial charge is 0.455 e. The minimum Gasteiger partial charge on any atom is -0.455 e. The van der Waals surface area contributed by atoms with E-state index in [1.54, 1.807) is 78.9 Å². The van der Waals surface area contributed by atoms with Gasteiger partial charge in [-0.3, -0.25) is 14.9 Å². The molecule has 0 aliphatic heterocycles. The van der Waals surface area contributed by atoms with Gasteiger partial charge in [0, 0.05) is 16.5 Å². The van der Waals surface area contributed by atoms with Gasteiger partial charge in [-0.1, -0.05) is 35.9 Å². The van der Waals surface area contributed by atoms with Crippen LogP contribution < -0.4 is 5.56 Å². The van der Waals surface area contributed by atoms with Crippen molar-refractivity contribution in [2.24, 2.45) is 5.10 Å². The number of nitro groups is 1. The van der Waals surface area contributed by atoms with Gasteiger partial charge in [-0.05, 0) is 54.6 Å². The van der Waals surface area contributed by atoms with Crippen molar-refractivity contribution in [3.63, 3.8) is 0 Å². The van der Waals surface area contributed by atoms with Crippen LogP contribution in [0.2, 0.25) is 5.02 Å². The van der Waals surface area contributed by atoms with Gasteiger partial charge in [0.25, 0.3) is 11.2 Å². The molecule has 10 heteroatoms. The summed E-state index contributed by atoms with van der Waals surface area (Å²) in [6.07, 6.45) is 1.35. The predicted molar refractivity (Wildman–Crippen MR) is 140 cm³/mol. The molecule has 0 N–H and O–H groups in total. The maximum Gasteiger partial charge on any atom is 0.282 e. The van der Waals surface area contributed by atoms with Crippen molar-refractivity contribution in [1.29, 1.82) is 0 Å². The first-order valence-corrected chi connectivity index (χ1v) is 11.4. The highest BCUT2D eigenvalue weighted by Gasteiger charge is 2.18. The standard InChI is InChI=1S/C27H15ClN4O5/c28-17-9-11-23-16(13-17)14-25(37-23)26-30-21-7-3-1-5-19(21)27(33)31(26)29-15-18-10-12-24(36-18)20-6-2-4-8-22(20)32(34)35/h1-15H. The van der Waals surface area contributed by atoms with Crippen LogP contribution in [0.1, 0.15) is 5.76 Å². The van der Waals surface area contributed by atoms with E-state index in [4.69, 9.17) is 20.4 Å². The summed E-state index contributed by atoms with van der Waals surface area (Å²) in [6.45, 7) is 0. The lowest BCUT2D eigenvalue weighted by Crippen LogP contribution is -2.20. The second-order valence-corrected chi connectivity index (χ2v) is 8.52. The average molecular weight is 511 g/mol. The predicted octanol–water partition coefficient (Wildman–Crippen LogP) is 6.51. The van der Waals surface area contributed by atoms with Gasteiger partial charge in [-0.15, -0.1) is 0 Å². The number of benzene rings is 3. The summed E-state index contributed by atoms with van der Waals surface area (Å²) in [4.78, 5) is 29.0. The molecule has 37 heavy (non-hydrogen) atoms. The SMILES string of the molecule is O=c1c2ccccc2nc(-c2cc3cc(Cl)ccc3o2)n1N=Cc1ccc(-c2ccccc2[N+](=O)[O-])o1. The third-order valence-corrected chi connectivity index (χ3v) is 5.98. The van der Waals surface area contributed by atoms with Crippen molar-refractivity contribution in [3.8, 4) is 22.9 Å². The molecule has 0 radical (unpaired) electrons. The summed E-state index contributed by atoms with van der Waals surface area (Å²) >= 11 is 6.12. The Hall–Kier alpha value is -5.02. The number of fused-ring (bicyclic) bond motifs is 2. The van der Waals surface area contributed by atoms with Gasteiger partial charge in [-0.25, -0.2) is 4.98 Å². The number of hydrogen-bond donors (Lipinski definition) is 0. The van der Waals surface area contributed by atoms with Crippen LogP contribution in [-0.4, -0.2) is 20.8 Å². The van der Waals surface area contributed by atoms with Crippen molar-refractivity contribution in [2.45, 2.75) is 0 Å². The zero-order valence-corrected chi connectivity index (χ0v) is 19.6. The Kier molecular flexibility index (Phi) is 5.39. The van der Waals surface area contributed by atoms with Gasteiger partial charge >= 0.3 is 0 Å². The third kappa shape index (κ3) is 4.07. The van der Waals surface area contributed by atoms with E-state index in [0.29, 0.717) is 38.6 Å². The van der Waals surface area contributed by atoms with Gasteiger partial charge in [0.2, 0.25) is 5.82 Å². The van der Waals surface area contributed by atoms with Crippen LogP contribution in [-0.2, 0) is 0 Å². The Morgan fingerprint density at radius 1 is 0.946 bits per heavy atom. The molecule has 0 aliphatic carbocycles. The maximum absolute atomic E-state index is 13.4. The van der Waals surface area contributed by atoms with Gasteiger partial charge < -0.3 is 8.83 Å². The summed E-state index contributed by atoms with van der Waals surface area (Å²) in [5.74, 6) is 1.11. The number of para-hydroxylation sites is 2. The molecule has 0 aliphatic rings. The number of aromatic nitrogens is 2. The third-order valence-electron chi connectivity index (χ3n) is 5.75. The molecule has 0 amide bonds. The zero-order valence-electron chi connectivity index (χ0n) is 18.9. The van der Waals surface area contributed by atoms with Gasteiger partial charge in [0.05, 0.1) is 27.6 Å². The lowest BCUT2D eigenvalue weighted by molar-refractivity contribution is -0.384. The second-order valence-electron chi connectivity index (χ2n) is 8.08. The van der Waals surface area contributed by atoms with E-state index in [1.165, 1.54) is 12.3 Å². The molecule has 0 unspecified atom stereocenters. The Balaban J connectivity index is 1.47. The summed E-state index contributed by atoms with van der Waals surface area (Å²) < 4.78 is 12.9. The van der Waals surface area contributed by atoms with Gasteiger partial charge in [-0.2, -0.15) is 9.78 Å². The lowest BCUT2D eigenvalue weighted by atomic mass is 10.1. The molecule has 0 saturated carbocycles. The molecule has 6 aromatic rings. The Labute approximate surface area is 213 Å². The highest BCUT2D eigenvalue weighted by atomic mass is 35.5. The summed E-state index contributed by atoms with van der Waals surface area (Å²) in [5, 5.41) is 17.4. The van der Waals surface area contributed by atoms with Gasteiger partial charge in [0.15, 0.2) is 5.76 Å². The number of hydrogen-bond acceptors (Lipinski definition) is 7. The Bertz CT molecular complexity index is 1920. The first-order valence-electron chi connectivity index (χ1n) is 11.1. The van der Waals surface area contributed by atoms with Crippen LogP contribution >= 0.6 is 11.6 Å². The van der Waals surface area contributed by atoms with Crippen LogP contribution in [0.25, 0.3) is 44.8 Å². The van der Waals surface area contributed by atoms with E-state index in [1.807, 2.05) is 0 Å². The average Bonchev–Trinajstić information content (AvgIpc) is 3.55. The van der Waals surface area contributed by atoms with E-state index < -0.39 is 10.5 Å². The first-order chi connectivity index (χ1) is 18.0. The molecule has 0 fully saturated rings. The maximum atomic E-state index is 13.4. The lowest BCUT2D eigenvalue weighted by Gasteiger charge is -2.06. The molecule has 3 heterocycles. The molecular formula is C27H15ClN4O5. The fraction of sp³-hybridized carbons (Fsp3) is 0. The monoisotopic (exact) mass is 510 g/mol. The van der Waals surface area contributed by atoms with Crippen LogP contribution in [0.3, 0.4) is 0 Å². The Morgan fingerprint density at radius 2 is 1.76 bits per heavy atom. The van der Waals surface area contributed by atoms with Crippen molar-refractivity contribution >= 4 is 45.4 Å². The molecule has 9 nitrogen and oxygen atoms in total. The van der Waals surface area contributed by atoms with Crippen molar-refractivity contribution in [2.75, 3.05) is 0 Å². The number of halogens is 1. The van der Waals surface area contributed by atoms with E-state index in [9.17, 15) is 14.9 Å². The number of nitro benzene ring substituents is 1. The highest BCUT2D eigenvalue weighted by Crippen LogP contribution is 2.31.